The molecule has 1 amide bonds. The Hall–Kier alpha value is -1.13. The highest BCUT2D eigenvalue weighted by molar-refractivity contribution is 7.91. The van der Waals surface area contributed by atoms with Crippen LogP contribution in [0.15, 0.2) is 0 Å². The van der Waals surface area contributed by atoms with Crippen LogP contribution in [0.4, 0.5) is 0 Å². The van der Waals surface area contributed by atoms with E-state index in [1.54, 1.807) is 4.90 Å². The molecule has 6 nitrogen and oxygen atoms in total. The molecule has 1 aliphatic rings. The average Bonchev–Trinajstić information content (AvgIpc) is 2.34. The molecule has 0 aliphatic carbocycles. The summed E-state index contributed by atoms with van der Waals surface area (Å²) in [6.45, 7) is 4.30. The van der Waals surface area contributed by atoms with E-state index in [1.165, 1.54) is 0 Å². The predicted octanol–water partition coefficient (Wildman–Crippen LogP) is -0.133. The Morgan fingerprint density at radius 2 is 1.89 bits per heavy atom. The number of hydrogen-bond acceptors (Lipinski definition) is 5. The Morgan fingerprint density at radius 1 is 1.32 bits per heavy atom. The third kappa shape index (κ3) is 5.17. The third-order valence-electron chi connectivity index (χ3n) is 3.20. The van der Waals surface area contributed by atoms with Gasteiger partial charge in [0.1, 0.15) is 5.75 Å². The van der Waals surface area contributed by atoms with Gasteiger partial charge in [0.2, 0.25) is 5.91 Å². The van der Waals surface area contributed by atoms with Crippen LogP contribution in [0.2, 0.25) is 0 Å². The molecular formula is C12H21N3O3S. The number of rotatable bonds is 5. The Balaban J connectivity index is 2.49. The summed E-state index contributed by atoms with van der Waals surface area (Å²) >= 11 is 0. The van der Waals surface area contributed by atoms with Crippen LogP contribution in [0.1, 0.15) is 19.8 Å². The fourth-order valence-corrected chi connectivity index (χ4v) is 2.83. The van der Waals surface area contributed by atoms with Gasteiger partial charge >= 0.3 is 0 Å². The maximum atomic E-state index is 11.7. The number of nitriles is 1. The fourth-order valence-electron chi connectivity index (χ4n) is 2.20. The highest BCUT2D eigenvalue weighted by Gasteiger charge is 2.26. The molecule has 0 radical (unpaired) electrons. The molecule has 7 heteroatoms. The van der Waals surface area contributed by atoms with Gasteiger partial charge in [0.15, 0.2) is 9.84 Å². The monoisotopic (exact) mass is 287 g/mol. The molecule has 1 fully saturated rings. The molecule has 1 saturated heterocycles. The van der Waals surface area contributed by atoms with Crippen LogP contribution in [0, 0.1) is 11.3 Å². The Morgan fingerprint density at radius 3 is 2.32 bits per heavy atom. The Bertz CT molecular complexity index is 447. The van der Waals surface area contributed by atoms with E-state index in [-0.39, 0.29) is 11.9 Å². The van der Waals surface area contributed by atoms with Gasteiger partial charge in [-0.3, -0.25) is 9.69 Å². The fraction of sp³-hybridized carbons (Fsp3) is 0.833. The first-order valence-electron chi connectivity index (χ1n) is 6.46. The summed E-state index contributed by atoms with van der Waals surface area (Å²) in [4.78, 5) is 15.4. The first-order valence-corrected chi connectivity index (χ1v) is 8.52. The van der Waals surface area contributed by atoms with E-state index in [1.807, 2.05) is 6.92 Å². The first kappa shape index (κ1) is 15.9. The van der Waals surface area contributed by atoms with Crippen LogP contribution >= 0.6 is 0 Å². The molecule has 0 aromatic rings. The molecule has 1 atom stereocenters. The van der Waals surface area contributed by atoms with E-state index in [0.717, 1.165) is 19.1 Å². The van der Waals surface area contributed by atoms with Crippen molar-refractivity contribution in [1.82, 2.24) is 9.80 Å². The lowest BCUT2D eigenvalue weighted by atomic mass is 10.1. The van der Waals surface area contributed by atoms with Crippen molar-refractivity contribution in [2.45, 2.75) is 25.8 Å². The molecular weight excluding hydrogens is 266 g/mol. The zero-order chi connectivity index (χ0) is 14.5. The number of carbonyl (C=O) groups excluding carboxylic acids is 1. The lowest BCUT2D eigenvalue weighted by Gasteiger charge is -2.36. The summed E-state index contributed by atoms with van der Waals surface area (Å²) in [5.74, 6) is -0.768. The van der Waals surface area contributed by atoms with Gasteiger partial charge in [0.05, 0.1) is 12.1 Å². The molecule has 0 N–H and O–H groups in total. The summed E-state index contributed by atoms with van der Waals surface area (Å²) in [6, 6.07) is 2.18. The van der Waals surface area contributed by atoms with Crippen LogP contribution in [0.3, 0.4) is 0 Å². The van der Waals surface area contributed by atoms with E-state index in [0.29, 0.717) is 26.2 Å². The second-order valence-corrected chi connectivity index (χ2v) is 7.06. The lowest BCUT2D eigenvalue weighted by Crippen LogP contribution is -2.52. The summed E-state index contributed by atoms with van der Waals surface area (Å²) in [5, 5.41) is 9.09. The number of amides is 1. The largest absolute Gasteiger partial charge is 0.339 e. The van der Waals surface area contributed by atoms with E-state index in [4.69, 9.17) is 5.26 Å². The van der Waals surface area contributed by atoms with Gasteiger partial charge in [-0.25, -0.2) is 8.42 Å². The number of piperazine rings is 1. The maximum Gasteiger partial charge on any atom is 0.237 e. The third-order valence-corrected chi connectivity index (χ3v) is 3.98. The van der Waals surface area contributed by atoms with Gasteiger partial charge in [-0.1, -0.05) is 13.3 Å². The molecule has 0 bridgehead atoms. The van der Waals surface area contributed by atoms with Crippen molar-refractivity contribution in [3.63, 3.8) is 0 Å². The predicted molar refractivity (Wildman–Crippen MR) is 72.2 cm³/mol. The molecule has 108 valence electrons. The van der Waals surface area contributed by atoms with Crippen LogP contribution < -0.4 is 0 Å². The quantitative estimate of drug-likeness (QED) is 0.703. The Kier molecular flexibility index (Phi) is 5.76. The second kappa shape index (κ2) is 6.87. The lowest BCUT2D eigenvalue weighted by molar-refractivity contribution is -0.130. The van der Waals surface area contributed by atoms with Gasteiger partial charge in [-0.15, -0.1) is 0 Å². The number of carbonyl (C=O) groups is 1. The molecule has 0 aromatic carbocycles. The maximum absolute atomic E-state index is 11.7. The van der Waals surface area contributed by atoms with Gasteiger partial charge < -0.3 is 4.90 Å². The molecule has 1 aliphatic heterocycles. The number of hydrogen-bond donors (Lipinski definition) is 0. The molecule has 0 aromatic heterocycles. The van der Waals surface area contributed by atoms with Crippen LogP contribution in [-0.2, 0) is 14.6 Å². The van der Waals surface area contributed by atoms with Crippen molar-refractivity contribution in [3.8, 4) is 6.07 Å². The van der Waals surface area contributed by atoms with E-state index < -0.39 is 15.6 Å². The van der Waals surface area contributed by atoms with Gasteiger partial charge in [-0.05, 0) is 6.42 Å². The van der Waals surface area contributed by atoms with E-state index in [2.05, 4.69) is 11.0 Å². The average molecular weight is 287 g/mol. The zero-order valence-electron chi connectivity index (χ0n) is 11.5. The minimum absolute atomic E-state index is 0.0999. The normalized spacial score (nSPS) is 18.9. The van der Waals surface area contributed by atoms with Crippen molar-refractivity contribution >= 4 is 15.7 Å². The van der Waals surface area contributed by atoms with Crippen LogP contribution in [0.5, 0.6) is 0 Å². The minimum atomic E-state index is -3.27. The van der Waals surface area contributed by atoms with Crippen molar-refractivity contribution in [1.29, 1.82) is 5.26 Å². The molecule has 1 heterocycles. The van der Waals surface area contributed by atoms with Crippen molar-refractivity contribution in [2.24, 2.45) is 0 Å². The highest BCUT2D eigenvalue weighted by Crippen LogP contribution is 2.11. The summed E-state index contributed by atoms with van der Waals surface area (Å²) in [7, 11) is -3.27. The topological polar surface area (TPSA) is 81.5 Å². The number of nitrogens with zero attached hydrogens (tertiary/aromatic N) is 3. The van der Waals surface area contributed by atoms with Crippen molar-refractivity contribution in [3.05, 3.63) is 0 Å². The van der Waals surface area contributed by atoms with E-state index >= 15 is 0 Å². The molecule has 1 rings (SSSR count). The Labute approximate surface area is 114 Å². The summed E-state index contributed by atoms with van der Waals surface area (Å²) < 4.78 is 22.2. The zero-order valence-corrected chi connectivity index (χ0v) is 12.3. The molecule has 0 saturated carbocycles. The molecule has 1 unspecified atom stereocenters. The molecule has 19 heavy (non-hydrogen) atoms. The smallest absolute Gasteiger partial charge is 0.237 e. The standard InChI is InChI=1S/C12H21N3O3S/c1-3-4-11(9-13)14-5-7-15(8-6-14)12(16)10-19(2,17)18/h11H,3-8,10H2,1-2H3. The van der Waals surface area contributed by atoms with Crippen LogP contribution in [0.25, 0.3) is 0 Å². The first-order chi connectivity index (χ1) is 8.87. The van der Waals surface area contributed by atoms with Crippen molar-refractivity contribution in [2.75, 3.05) is 38.2 Å². The van der Waals surface area contributed by atoms with Crippen LogP contribution in [-0.4, -0.2) is 68.4 Å². The van der Waals surface area contributed by atoms with Gasteiger partial charge in [0, 0.05) is 32.4 Å². The minimum Gasteiger partial charge on any atom is -0.339 e. The van der Waals surface area contributed by atoms with Crippen molar-refractivity contribution < 1.29 is 13.2 Å². The highest BCUT2D eigenvalue weighted by atomic mass is 32.2. The summed E-state index contributed by atoms with van der Waals surface area (Å²) in [6.07, 6.45) is 2.84. The second-order valence-electron chi connectivity index (χ2n) is 4.92. The summed E-state index contributed by atoms with van der Waals surface area (Å²) in [5.41, 5.74) is 0. The van der Waals surface area contributed by atoms with E-state index in [9.17, 15) is 13.2 Å². The molecule has 0 spiro atoms. The van der Waals surface area contributed by atoms with Gasteiger partial charge in [0.25, 0.3) is 0 Å². The number of sulfone groups is 1. The SMILES string of the molecule is CCCC(C#N)N1CCN(C(=O)CS(C)(=O)=O)CC1. The van der Waals surface area contributed by atoms with Gasteiger partial charge in [-0.2, -0.15) is 5.26 Å².